The van der Waals surface area contributed by atoms with E-state index in [-0.39, 0.29) is 18.2 Å². The van der Waals surface area contributed by atoms with Gasteiger partial charge in [-0.3, -0.25) is 0 Å². The van der Waals surface area contributed by atoms with Gasteiger partial charge in [-0.25, -0.2) is 4.79 Å². The van der Waals surface area contributed by atoms with E-state index in [2.05, 4.69) is 0 Å². The third-order valence-electron chi connectivity index (χ3n) is 3.22. The van der Waals surface area contributed by atoms with Crippen molar-refractivity contribution < 1.29 is 19.0 Å². The summed E-state index contributed by atoms with van der Waals surface area (Å²) in [5.74, 6) is 1.13. The van der Waals surface area contributed by atoms with Gasteiger partial charge in [0.25, 0.3) is 0 Å². The van der Waals surface area contributed by atoms with Crippen LogP contribution in [0.4, 0.5) is 0 Å². The number of thioether (sulfide) groups is 1. The van der Waals surface area contributed by atoms with Gasteiger partial charge >= 0.3 is 5.97 Å². The van der Waals surface area contributed by atoms with Crippen LogP contribution >= 0.6 is 11.8 Å². The van der Waals surface area contributed by atoms with E-state index in [1.165, 1.54) is 11.8 Å². The molecule has 4 nitrogen and oxygen atoms in total. The molecule has 2 aliphatic rings. The van der Waals surface area contributed by atoms with Crippen LogP contribution in [0, 0.1) is 0 Å². The third kappa shape index (κ3) is 1.82. The van der Waals surface area contributed by atoms with Crippen LogP contribution in [0.2, 0.25) is 0 Å². The van der Waals surface area contributed by atoms with Gasteiger partial charge in [-0.15, -0.1) is 0 Å². The molecule has 0 aromatic heterocycles. The van der Waals surface area contributed by atoms with E-state index < -0.39 is 0 Å². The number of hydrogen-bond donors (Lipinski definition) is 0. The van der Waals surface area contributed by atoms with Crippen LogP contribution in [0.15, 0.2) is 47.4 Å². The molecule has 0 saturated heterocycles. The number of ether oxygens (including phenoxy) is 3. The Bertz CT molecular complexity index is 698. The molecule has 100 valence electrons. The largest absolute Gasteiger partial charge is 0.454 e. The number of carbonyl (C=O) groups is 1. The Morgan fingerprint density at radius 3 is 2.85 bits per heavy atom. The Kier molecular flexibility index (Phi) is 2.60. The van der Waals surface area contributed by atoms with Crippen molar-refractivity contribution in [2.75, 3.05) is 6.79 Å². The van der Waals surface area contributed by atoms with Crippen LogP contribution in [0.1, 0.15) is 21.4 Å². The van der Waals surface area contributed by atoms with Gasteiger partial charge in [-0.1, -0.05) is 30.0 Å². The zero-order valence-corrected chi connectivity index (χ0v) is 11.2. The predicted octanol–water partition coefficient (Wildman–Crippen LogP) is 3.38. The molecule has 0 bridgehead atoms. The smallest absolute Gasteiger partial charge is 0.340 e. The number of rotatable bonds is 1. The highest BCUT2D eigenvalue weighted by atomic mass is 32.2. The maximum Gasteiger partial charge on any atom is 0.340 e. The molecule has 2 heterocycles. The van der Waals surface area contributed by atoms with Crippen molar-refractivity contribution in [2.45, 2.75) is 10.3 Å². The lowest BCUT2D eigenvalue weighted by Crippen LogP contribution is -2.15. The van der Waals surface area contributed by atoms with E-state index in [9.17, 15) is 4.79 Å². The van der Waals surface area contributed by atoms with E-state index in [1.54, 1.807) is 6.07 Å². The summed E-state index contributed by atoms with van der Waals surface area (Å²) in [5.41, 5.74) is 1.16. The fraction of sp³-hybridized carbons (Fsp3) is 0.133. The zero-order valence-electron chi connectivity index (χ0n) is 10.4. The molecule has 0 radical (unpaired) electrons. The van der Waals surface area contributed by atoms with Crippen molar-refractivity contribution in [3.05, 3.63) is 53.6 Å². The number of esters is 1. The van der Waals surface area contributed by atoms with E-state index in [0.29, 0.717) is 11.3 Å². The highest BCUT2D eigenvalue weighted by Crippen LogP contribution is 2.45. The Balaban J connectivity index is 1.69. The second-order valence-corrected chi connectivity index (χ2v) is 5.57. The molecule has 1 atom stereocenters. The summed E-state index contributed by atoms with van der Waals surface area (Å²) in [6.45, 7) is 0.235. The Hall–Kier alpha value is -2.14. The highest BCUT2D eigenvalue weighted by molar-refractivity contribution is 7.99. The summed E-state index contributed by atoms with van der Waals surface area (Å²) >= 11 is 1.52. The van der Waals surface area contributed by atoms with E-state index in [1.807, 2.05) is 36.4 Å². The van der Waals surface area contributed by atoms with Crippen LogP contribution < -0.4 is 9.47 Å². The summed E-state index contributed by atoms with van der Waals surface area (Å²) in [6.07, 6.45) is 0. The lowest BCUT2D eigenvalue weighted by atomic mass is 10.2. The number of hydrogen-bond acceptors (Lipinski definition) is 5. The SMILES string of the molecule is O=C1O[C@@H](c2ccc3c(c2)OCO3)Sc2ccccc21. The topological polar surface area (TPSA) is 44.8 Å². The van der Waals surface area contributed by atoms with Crippen molar-refractivity contribution in [3.8, 4) is 11.5 Å². The molecular weight excluding hydrogens is 276 g/mol. The molecule has 0 N–H and O–H groups in total. The van der Waals surface area contributed by atoms with Crippen molar-refractivity contribution in [3.63, 3.8) is 0 Å². The van der Waals surface area contributed by atoms with Crippen LogP contribution in [-0.4, -0.2) is 12.8 Å². The summed E-state index contributed by atoms with van der Waals surface area (Å²) in [7, 11) is 0. The van der Waals surface area contributed by atoms with E-state index >= 15 is 0 Å². The molecular formula is C15H10O4S. The first-order valence-corrected chi connectivity index (χ1v) is 7.05. The maximum absolute atomic E-state index is 12.0. The molecule has 2 aliphatic heterocycles. The average Bonchev–Trinajstić information content (AvgIpc) is 2.94. The molecule has 0 spiro atoms. The van der Waals surface area contributed by atoms with Crippen LogP contribution in [-0.2, 0) is 4.74 Å². The van der Waals surface area contributed by atoms with Crippen molar-refractivity contribution in [2.24, 2.45) is 0 Å². The molecule has 2 aromatic carbocycles. The lowest BCUT2D eigenvalue weighted by molar-refractivity contribution is 0.0439. The van der Waals surface area contributed by atoms with Crippen molar-refractivity contribution >= 4 is 17.7 Å². The second kappa shape index (κ2) is 4.45. The first-order chi connectivity index (χ1) is 9.81. The van der Waals surface area contributed by atoms with Gasteiger partial charge in [-0.2, -0.15) is 0 Å². The maximum atomic E-state index is 12.0. The average molecular weight is 286 g/mol. The molecule has 2 aromatic rings. The molecule has 0 amide bonds. The highest BCUT2D eigenvalue weighted by Gasteiger charge is 2.29. The minimum absolute atomic E-state index is 0.235. The molecule has 0 aliphatic carbocycles. The van der Waals surface area contributed by atoms with Gasteiger partial charge in [0.05, 0.1) is 5.56 Å². The number of benzene rings is 2. The fourth-order valence-corrected chi connectivity index (χ4v) is 3.32. The van der Waals surface area contributed by atoms with Crippen molar-refractivity contribution in [1.82, 2.24) is 0 Å². The minimum atomic E-state index is -0.355. The van der Waals surface area contributed by atoms with Crippen LogP contribution in [0.25, 0.3) is 0 Å². The monoisotopic (exact) mass is 286 g/mol. The second-order valence-electron chi connectivity index (χ2n) is 4.46. The summed E-state index contributed by atoms with van der Waals surface area (Å²) in [5, 5.41) is 0. The normalized spacial score (nSPS) is 19.4. The Labute approximate surface area is 119 Å². The van der Waals surface area contributed by atoms with Crippen molar-refractivity contribution in [1.29, 1.82) is 0 Å². The minimum Gasteiger partial charge on any atom is -0.454 e. The van der Waals surface area contributed by atoms with Gasteiger partial charge in [-0.05, 0) is 24.3 Å². The molecule has 0 saturated carbocycles. The first-order valence-electron chi connectivity index (χ1n) is 6.17. The van der Waals surface area contributed by atoms with Crippen LogP contribution in [0.5, 0.6) is 11.5 Å². The fourth-order valence-electron chi connectivity index (χ4n) is 2.23. The number of fused-ring (bicyclic) bond motifs is 2. The van der Waals surface area contributed by atoms with Gasteiger partial charge in [0.1, 0.15) is 0 Å². The first kappa shape index (κ1) is 11.7. The Morgan fingerprint density at radius 2 is 1.90 bits per heavy atom. The van der Waals surface area contributed by atoms with E-state index in [4.69, 9.17) is 14.2 Å². The molecule has 5 heteroatoms. The van der Waals surface area contributed by atoms with Gasteiger partial charge in [0, 0.05) is 10.5 Å². The standard InChI is InChI=1S/C15H10O4S/c16-14-10-3-1-2-4-13(10)20-15(19-14)9-5-6-11-12(7-9)18-8-17-11/h1-7,15H,8H2/t15-/m1/s1. The quantitative estimate of drug-likeness (QED) is 0.752. The number of cyclic esters (lactones) is 1. The Morgan fingerprint density at radius 1 is 1.05 bits per heavy atom. The van der Waals surface area contributed by atoms with Gasteiger partial charge in [0.2, 0.25) is 6.79 Å². The summed E-state index contributed by atoms with van der Waals surface area (Å²) in [6, 6.07) is 13.1. The summed E-state index contributed by atoms with van der Waals surface area (Å²) in [4.78, 5) is 12.9. The molecule has 4 rings (SSSR count). The summed E-state index contributed by atoms with van der Waals surface area (Å²) < 4.78 is 16.1. The molecule has 0 fully saturated rings. The van der Waals surface area contributed by atoms with Crippen LogP contribution in [0.3, 0.4) is 0 Å². The molecule has 20 heavy (non-hydrogen) atoms. The van der Waals surface area contributed by atoms with Gasteiger partial charge < -0.3 is 14.2 Å². The van der Waals surface area contributed by atoms with Gasteiger partial charge in [0.15, 0.2) is 16.9 Å². The lowest BCUT2D eigenvalue weighted by Gasteiger charge is -2.24. The zero-order chi connectivity index (χ0) is 13.5. The predicted molar refractivity (Wildman–Crippen MR) is 73.0 cm³/mol. The number of carbonyl (C=O) groups excluding carboxylic acids is 1. The molecule has 0 unspecified atom stereocenters. The third-order valence-corrected chi connectivity index (χ3v) is 4.42. The van der Waals surface area contributed by atoms with E-state index in [0.717, 1.165) is 16.2 Å².